The topological polar surface area (TPSA) is 59.1 Å². The third-order valence-electron chi connectivity index (χ3n) is 1.73. The molecule has 14 heavy (non-hydrogen) atoms. The fraction of sp³-hybridized carbons (Fsp3) is 0.375. The minimum Gasteiger partial charge on any atom is -0.390 e. The molecule has 78 valence electrons. The number of aromatic nitrogens is 1. The van der Waals surface area contributed by atoms with Crippen molar-refractivity contribution in [3.05, 3.63) is 28.5 Å². The van der Waals surface area contributed by atoms with Gasteiger partial charge in [-0.2, -0.15) is 0 Å². The molecule has 1 rings (SSSR count). The molecule has 6 heteroatoms. The van der Waals surface area contributed by atoms with Crippen LogP contribution in [0.2, 0.25) is 0 Å². The molecule has 1 heterocycles. The quantitative estimate of drug-likeness (QED) is 0.871. The number of aliphatic hydroxyl groups is 1. The molecule has 3 nitrogen and oxygen atoms in total. The highest BCUT2D eigenvalue weighted by atomic mass is 79.9. The SMILES string of the molecule is N[C@H](c1ccc(Br)cn1)C(F)(F)CO. The van der Waals surface area contributed by atoms with Crippen LogP contribution in [0.5, 0.6) is 0 Å². The number of hydrogen-bond acceptors (Lipinski definition) is 3. The van der Waals surface area contributed by atoms with E-state index in [4.69, 9.17) is 10.8 Å². The van der Waals surface area contributed by atoms with Crippen molar-refractivity contribution in [1.29, 1.82) is 0 Å². The van der Waals surface area contributed by atoms with Crippen molar-refractivity contribution in [3.8, 4) is 0 Å². The average Bonchev–Trinajstić information content (AvgIpc) is 2.18. The number of rotatable bonds is 3. The summed E-state index contributed by atoms with van der Waals surface area (Å²) in [5.41, 5.74) is 5.29. The minimum absolute atomic E-state index is 0.0484. The Morgan fingerprint density at radius 3 is 2.64 bits per heavy atom. The largest absolute Gasteiger partial charge is 0.390 e. The highest BCUT2D eigenvalue weighted by Crippen LogP contribution is 2.27. The summed E-state index contributed by atoms with van der Waals surface area (Å²) < 4.78 is 26.5. The summed E-state index contributed by atoms with van der Waals surface area (Å²) in [5.74, 6) is -3.35. The summed E-state index contributed by atoms with van der Waals surface area (Å²) in [6, 6.07) is 1.37. The Bertz CT molecular complexity index is 305. The first kappa shape index (κ1) is 11.5. The molecule has 0 radical (unpaired) electrons. The van der Waals surface area contributed by atoms with Crippen molar-refractivity contribution < 1.29 is 13.9 Å². The molecule has 0 saturated heterocycles. The first-order chi connectivity index (χ1) is 6.47. The molecule has 1 atom stereocenters. The third kappa shape index (κ3) is 2.46. The third-order valence-corrected chi connectivity index (χ3v) is 2.20. The lowest BCUT2D eigenvalue weighted by Crippen LogP contribution is -2.36. The maximum atomic E-state index is 12.9. The van der Waals surface area contributed by atoms with E-state index in [0.717, 1.165) is 0 Å². The first-order valence-electron chi connectivity index (χ1n) is 3.83. The zero-order valence-electron chi connectivity index (χ0n) is 7.12. The summed E-state index contributed by atoms with van der Waals surface area (Å²) in [4.78, 5) is 3.73. The van der Waals surface area contributed by atoms with Gasteiger partial charge in [-0.05, 0) is 28.1 Å². The Hall–Kier alpha value is -0.590. The molecule has 1 aromatic rings. The van der Waals surface area contributed by atoms with Crippen LogP contribution in [0, 0.1) is 0 Å². The van der Waals surface area contributed by atoms with Crippen LogP contribution in [-0.2, 0) is 0 Å². The van der Waals surface area contributed by atoms with Gasteiger partial charge in [-0.25, -0.2) is 8.78 Å². The maximum Gasteiger partial charge on any atom is 0.291 e. The van der Waals surface area contributed by atoms with Crippen LogP contribution in [0.25, 0.3) is 0 Å². The summed E-state index contributed by atoms with van der Waals surface area (Å²) >= 11 is 3.12. The van der Waals surface area contributed by atoms with Gasteiger partial charge < -0.3 is 10.8 Å². The van der Waals surface area contributed by atoms with Gasteiger partial charge in [-0.1, -0.05) is 0 Å². The molecule has 0 aromatic carbocycles. The predicted molar refractivity (Wildman–Crippen MR) is 50.9 cm³/mol. The van der Waals surface area contributed by atoms with Crippen LogP contribution in [0.15, 0.2) is 22.8 Å². The number of halogens is 3. The molecular weight excluding hydrogens is 258 g/mol. The van der Waals surface area contributed by atoms with Crippen LogP contribution in [-0.4, -0.2) is 22.6 Å². The Morgan fingerprint density at radius 1 is 1.57 bits per heavy atom. The number of aliphatic hydroxyl groups excluding tert-OH is 1. The molecule has 0 amide bonds. The van der Waals surface area contributed by atoms with Crippen molar-refractivity contribution in [2.24, 2.45) is 5.73 Å². The zero-order valence-corrected chi connectivity index (χ0v) is 8.71. The van der Waals surface area contributed by atoms with E-state index < -0.39 is 18.6 Å². The van der Waals surface area contributed by atoms with Gasteiger partial charge in [0.1, 0.15) is 12.6 Å². The molecule has 0 saturated carbocycles. The molecule has 1 aromatic heterocycles. The lowest BCUT2D eigenvalue weighted by atomic mass is 10.1. The molecule has 0 aliphatic rings. The van der Waals surface area contributed by atoms with Crippen molar-refractivity contribution in [2.45, 2.75) is 12.0 Å². The van der Waals surface area contributed by atoms with E-state index in [1.54, 1.807) is 6.07 Å². The fourth-order valence-corrected chi connectivity index (χ4v) is 1.12. The standard InChI is InChI=1S/C8H9BrF2N2O/c9-5-1-2-6(13-3-5)7(12)8(10,11)4-14/h1-3,7,14H,4,12H2/t7-/m1/s1. The van der Waals surface area contributed by atoms with Gasteiger partial charge in [-0.15, -0.1) is 0 Å². The monoisotopic (exact) mass is 266 g/mol. The second kappa shape index (κ2) is 4.29. The first-order valence-corrected chi connectivity index (χ1v) is 4.62. The average molecular weight is 267 g/mol. The van der Waals surface area contributed by atoms with E-state index in [2.05, 4.69) is 20.9 Å². The molecule has 0 spiro atoms. The number of nitrogens with zero attached hydrogens (tertiary/aromatic N) is 1. The van der Waals surface area contributed by atoms with Gasteiger partial charge in [0.15, 0.2) is 0 Å². The van der Waals surface area contributed by atoms with Gasteiger partial charge in [0.25, 0.3) is 5.92 Å². The molecule has 0 unspecified atom stereocenters. The Labute approximate surface area is 88.1 Å². The van der Waals surface area contributed by atoms with Crippen LogP contribution >= 0.6 is 15.9 Å². The van der Waals surface area contributed by atoms with Gasteiger partial charge >= 0.3 is 0 Å². The van der Waals surface area contributed by atoms with Crippen molar-refractivity contribution in [1.82, 2.24) is 4.98 Å². The van der Waals surface area contributed by atoms with Gasteiger partial charge in [0.05, 0.1) is 5.69 Å². The highest BCUT2D eigenvalue weighted by Gasteiger charge is 2.38. The Kier molecular flexibility index (Phi) is 3.52. The maximum absolute atomic E-state index is 12.9. The Morgan fingerprint density at radius 2 is 2.21 bits per heavy atom. The number of nitrogens with two attached hydrogens (primary N) is 1. The molecule has 0 bridgehead atoms. The second-order valence-corrected chi connectivity index (χ2v) is 3.71. The lowest BCUT2D eigenvalue weighted by molar-refractivity contribution is -0.0721. The van der Waals surface area contributed by atoms with Crippen LogP contribution < -0.4 is 5.73 Å². The minimum atomic E-state index is -3.35. The summed E-state index contributed by atoms with van der Waals surface area (Å²) in [7, 11) is 0. The second-order valence-electron chi connectivity index (χ2n) is 2.80. The van der Waals surface area contributed by atoms with Crippen LogP contribution in [0.3, 0.4) is 0 Å². The molecule has 0 aliphatic carbocycles. The Balaban J connectivity index is 2.89. The van der Waals surface area contributed by atoms with Crippen molar-refractivity contribution >= 4 is 15.9 Å². The number of hydrogen-bond donors (Lipinski definition) is 2. The van der Waals surface area contributed by atoms with E-state index in [9.17, 15) is 8.78 Å². The molecule has 0 aliphatic heterocycles. The van der Waals surface area contributed by atoms with Crippen molar-refractivity contribution in [2.75, 3.05) is 6.61 Å². The predicted octanol–water partition coefficient (Wildman–Crippen LogP) is 1.47. The summed E-state index contributed by atoms with van der Waals surface area (Å²) in [6.07, 6.45) is 1.38. The van der Waals surface area contributed by atoms with E-state index in [1.165, 1.54) is 12.3 Å². The van der Waals surface area contributed by atoms with Crippen LogP contribution in [0.4, 0.5) is 8.78 Å². The van der Waals surface area contributed by atoms with Crippen LogP contribution in [0.1, 0.15) is 11.7 Å². The molecule has 0 fully saturated rings. The van der Waals surface area contributed by atoms with E-state index in [-0.39, 0.29) is 5.69 Å². The number of pyridine rings is 1. The summed E-state index contributed by atoms with van der Waals surface area (Å²) in [6.45, 7) is -1.29. The van der Waals surface area contributed by atoms with Gasteiger partial charge in [-0.3, -0.25) is 4.98 Å². The normalized spacial score (nSPS) is 14.1. The van der Waals surface area contributed by atoms with Crippen molar-refractivity contribution in [3.63, 3.8) is 0 Å². The zero-order chi connectivity index (χ0) is 10.8. The number of alkyl halides is 2. The fourth-order valence-electron chi connectivity index (χ4n) is 0.886. The summed E-state index contributed by atoms with van der Waals surface area (Å²) in [5, 5.41) is 8.41. The molecule has 3 N–H and O–H groups in total. The highest BCUT2D eigenvalue weighted by molar-refractivity contribution is 9.10. The smallest absolute Gasteiger partial charge is 0.291 e. The lowest BCUT2D eigenvalue weighted by Gasteiger charge is -2.20. The van der Waals surface area contributed by atoms with E-state index >= 15 is 0 Å². The molecular formula is C8H9BrF2N2O. The van der Waals surface area contributed by atoms with E-state index in [0.29, 0.717) is 4.47 Å². The van der Waals surface area contributed by atoms with E-state index in [1.807, 2.05) is 0 Å². The van der Waals surface area contributed by atoms with Gasteiger partial charge in [0.2, 0.25) is 0 Å². The van der Waals surface area contributed by atoms with Gasteiger partial charge in [0, 0.05) is 10.7 Å².